The number of rotatable bonds is 5. The summed E-state index contributed by atoms with van der Waals surface area (Å²) in [5.74, 6) is -0.110. The molecular weight excluding hydrogens is 392 g/mol. The lowest BCUT2D eigenvalue weighted by atomic mass is 10.0. The molecule has 4 nitrogen and oxygen atoms in total. The van der Waals surface area contributed by atoms with Gasteiger partial charge < -0.3 is 0 Å². The molecule has 0 aliphatic carbocycles. The number of halogens is 1. The van der Waals surface area contributed by atoms with E-state index in [0.717, 1.165) is 32.3 Å². The minimum absolute atomic E-state index is 0.110. The van der Waals surface area contributed by atoms with Crippen molar-refractivity contribution in [1.82, 2.24) is 5.06 Å². The monoisotopic (exact) mass is 412 g/mol. The number of aliphatic imine (C=N–C) groups is 1. The van der Waals surface area contributed by atoms with Gasteiger partial charge in [0.05, 0.1) is 18.5 Å². The Hall–Kier alpha value is -2.34. The molecule has 2 aromatic rings. The fourth-order valence-electron chi connectivity index (χ4n) is 2.71. The van der Waals surface area contributed by atoms with E-state index in [9.17, 15) is 4.79 Å². The van der Waals surface area contributed by atoms with Crippen LogP contribution in [0.3, 0.4) is 0 Å². The second-order valence-electron chi connectivity index (χ2n) is 6.20. The number of benzene rings is 2. The van der Waals surface area contributed by atoms with Crippen molar-refractivity contribution in [3.63, 3.8) is 0 Å². The van der Waals surface area contributed by atoms with Gasteiger partial charge in [-0.25, -0.2) is 5.06 Å². The highest BCUT2D eigenvalue weighted by atomic mass is 35.5. The number of carbonyl (C=O) groups excluding carboxylic acids is 1. The zero-order chi connectivity index (χ0) is 20.1. The predicted octanol–water partition coefficient (Wildman–Crippen LogP) is 5.48. The lowest BCUT2D eigenvalue weighted by Crippen LogP contribution is -2.24. The summed E-state index contributed by atoms with van der Waals surface area (Å²) in [6, 6.07) is 15.9. The van der Waals surface area contributed by atoms with Crippen molar-refractivity contribution in [2.24, 2.45) is 4.99 Å². The number of carbonyl (C=O) groups is 1. The van der Waals surface area contributed by atoms with E-state index < -0.39 is 0 Å². The zero-order valence-corrected chi connectivity index (χ0v) is 17.6. The van der Waals surface area contributed by atoms with Crippen molar-refractivity contribution in [1.29, 1.82) is 0 Å². The Morgan fingerprint density at radius 1 is 1.21 bits per heavy atom. The van der Waals surface area contributed by atoms with Gasteiger partial charge in [0.15, 0.2) is 0 Å². The van der Waals surface area contributed by atoms with Gasteiger partial charge in [0.1, 0.15) is 0 Å². The van der Waals surface area contributed by atoms with Crippen LogP contribution in [0.4, 0.5) is 0 Å². The molecule has 0 N–H and O–H groups in total. The van der Waals surface area contributed by atoms with Gasteiger partial charge in [-0.1, -0.05) is 59.8 Å². The third-order valence-corrected chi connectivity index (χ3v) is 5.78. The van der Waals surface area contributed by atoms with Crippen LogP contribution in [-0.4, -0.2) is 30.8 Å². The van der Waals surface area contributed by atoms with Crippen LogP contribution < -0.4 is 0 Å². The van der Waals surface area contributed by atoms with Gasteiger partial charge in [-0.15, -0.1) is 0 Å². The van der Waals surface area contributed by atoms with Crippen molar-refractivity contribution in [3.8, 4) is 0 Å². The minimum atomic E-state index is -0.110. The van der Waals surface area contributed by atoms with Crippen LogP contribution in [0.15, 0.2) is 81.2 Å². The molecule has 1 aliphatic rings. The summed E-state index contributed by atoms with van der Waals surface area (Å²) in [6.07, 6.45) is 4.05. The van der Waals surface area contributed by atoms with Crippen LogP contribution in [-0.2, 0) is 9.63 Å². The molecule has 0 radical (unpaired) electrons. The summed E-state index contributed by atoms with van der Waals surface area (Å²) in [6.45, 7) is 1.98. The molecule has 1 amide bonds. The molecule has 3 rings (SSSR count). The Kier molecular flexibility index (Phi) is 6.73. The van der Waals surface area contributed by atoms with Crippen LogP contribution in [0, 0.1) is 0 Å². The summed E-state index contributed by atoms with van der Waals surface area (Å²) < 4.78 is 0. The molecule has 0 fully saturated rings. The van der Waals surface area contributed by atoms with Gasteiger partial charge in [-0.3, -0.25) is 14.6 Å². The maximum Gasteiger partial charge on any atom is 0.249 e. The first-order chi connectivity index (χ1) is 13.5. The fourth-order valence-corrected chi connectivity index (χ4v) is 3.85. The summed E-state index contributed by atoms with van der Waals surface area (Å²) in [5, 5.41) is 1.92. The van der Waals surface area contributed by atoms with E-state index in [-0.39, 0.29) is 12.3 Å². The maximum absolute atomic E-state index is 11.9. The zero-order valence-electron chi connectivity index (χ0n) is 16.0. The average Bonchev–Trinajstić information content (AvgIpc) is 2.85. The Morgan fingerprint density at radius 2 is 1.93 bits per heavy atom. The third kappa shape index (κ3) is 4.73. The van der Waals surface area contributed by atoms with E-state index in [2.05, 4.69) is 12.1 Å². The van der Waals surface area contributed by atoms with Gasteiger partial charge in [0.25, 0.3) is 0 Å². The Balaban J connectivity index is 1.96. The molecular formula is C22H21ClN2O2S. The number of thioether (sulfide) groups is 1. The summed E-state index contributed by atoms with van der Waals surface area (Å²) in [4.78, 5) is 23.9. The molecule has 0 spiro atoms. The summed E-state index contributed by atoms with van der Waals surface area (Å²) >= 11 is 7.70. The molecule has 6 heteroatoms. The Morgan fingerprint density at radius 3 is 2.64 bits per heavy atom. The standard InChI is InChI=1S/C22H21ClN2O2S/c1-15-19(9-6-10-21(26)25(2)27-3)28-20-8-5-4-7-18(20)22(24-15)16-11-13-17(23)14-12-16/h4-9,11-14H,10H2,1-3H3/b9-6-. The Bertz CT molecular complexity index is 965. The predicted molar refractivity (Wildman–Crippen MR) is 116 cm³/mol. The molecule has 0 saturated heterocycles. The topological polar surface area (TPSA) is 41.9 Å². The highest BCUT2D eigenvalue weighted by Gasteiger charge is 2.18. The highest BCUT2D eigenvalue weighted by Crippen LogP contribution is 2.37. The average molecular weight is 413 g/mol. The maximum atomic E-state index is 11.9. The van der Waals surface area contributed by atoms with Gasteiger partial charge in [0.2, 0.25) is 5.91 Å². The second kappa shape index (κ2) is 9.24. The molecule has 0 unspecified atom stereocenters. The molecule has 0 aromatic heterocycles. The minimum Gasteiger partial charge on any atom is -0.275 e. The first-order valence-electron chi connectivity index (χ1n) is 8.79. The quantitative estimate of drug-likeness (QED) is 0.610. The van der Waals surface area contributed by atoms with Crippen LogP contribution >= 0.6 is 23.4 Å². The number of hydroxylamine groups is 2. The lowest BCUT2D eigenvalue weighted by molar-refractivity contribution is -0.167. The van der Waals surface area contributed by atoms with Gasteiger partial charge in [-0.2, -0.15) is 0 Å². The van der Waals surface area contributed by atoms with Crippen LogP contribution in [0.2, 0.25) is 5.02 Å². The molecule has 0 atom stereocenters. The number of amides is 1. The van der Waals surface area contributed by atoms with Crippen LogP contribution in [0.1, 0.15) is 24.5 Å². The molecule has 1 aliphatic heterocycles. The smallest absolute Gasteiger partial charge is 0.249 e. The number of fused-ring (bicyclic) bond motifs is 1. The number of allylic oxidation sites excluding steroid dienone is 2. The number of hydrogen-bond acceptors (Lipinski definition) is 4. The molecule has 144 valence electrons. The molecule has 28 heavy (non-hydrogen) atoms. The van der Waals surface area contributed by atoms with Crippen molar-refractivity contribution in [2.45, 2.75) is 18.2 Å². The molecule has 2 aromatic carbocycles. The highest BCUT2D eigenvalue weighted by molar-refractivity contribution is 8.03. The first kappa shape index (κ1) is 20.4. The first-order valence-corrected chi connectivity index (χ1v) is 9.99. The van der Waals surface area contributed by atoms with Crippen molar-refractivity contribution in [2.75, 3.05) is 14.2 Å². The van der Waals surface area contributed by atoms with E-state index in [4.69, 9.17) is 21.4 Å². The van der Waals surface area contributed by atoms with Crippen LogP contribution in [0.5, 0.6) is 0 Å². The van der Waals surface area contributed by atoms with E-state index in [1.807, 2.05) is 55.5 Å². The van der Waals surface area contributed by atoms with Crippen molar-refractivity contribution in [3.05, 3.63) is 87.4 Å². The largest absolute Gasteiger partial charge is 0.275 e. The molecule has 0 saturated carbocycles. The van der Waals surface area contributed by atoms with E-state index in [0.29, 0.717) is 5.02 Å². The SMILES string of the molecule is CON(C)C(=O)C/C=C\C1=C(C)N=C(c2ccc(Cl)cc2)c2ccccc2S1. The van der Waals surface area contributed by atoms with Gasteiger partial charge in [-0.05, 0) is 31.2 Å². The van der Waals surface area contributed by atoms with E-state index >= 15 is 0 Å². The van der Waals surface area contributed by atoms with E-state index in [1.165, 1.54) is 12.2 Å². The van der Waals surface area contributed by atoms with Crippen molar-refractivity contribution >= 4 is 35.0 Å². The number of nitrogens with zero attached hydrogens (tertiary/aromatic N) is 2. The second-order valence-corrected chi connectivity index (χ2v) is 7.72. The normalized spacial score (nSPS) is 13.9. The molecule has 1 heterocycles. The van der Waals surface area contributed by atoms with Crippen LogP contribution in [0.25, 0.3) is 0 Å². The fraction of sp³-hybridized carbons (Fsp3) is 0.182. The number of hydrogen-bond donors (Lipinski definition) is 0. The Labute approximate surface area is 174 Å². The van der Waals surface area contributed by atoms with E-state index in [1.54, 1.807) is 18.8 Å². The third-order valence-electron chi connectivity index (χ3n) is 4.30. The lowest BCUT2D eigenvalue weighted by Gasteiger charge is -2.11. The van der Waals surface area contributed by atoms with Crippen molar-refractivity contribution < 1.29 is 9.63 Å². The summed E-state index contributed by atoms with van der Waals surface area (Å²) in [5.41, 5.74) is 3.90. The summed E-state index contributed by atoms with van der Waals surface area (Å²) in [7, 11) is 3.07. The van der Waals surface area contributed by atoms with Gasteiger partial charge >= 0.3 is 0 Å². The molecule has 0 bridgehead atoms. The van der Waals surface area contributed by atoms with Gasteiger partial charge in [0, 0.05) is 39.4 Å².